The van der Waals surface area contributed by atoms with Gasteiger partial charge in [0.2, 0.25) is 11.8 Å². The largest absolute Gasteiger partial charge is 0.496 e. The van der Waals surface area contributed by atoms with Crippen molar-refractivity contribution in [1.29, 1.82) is 0 Å². The van der Waals surface area contributed by atoms with Gasteiger partial charge in [-0.1, -0.05) is 6.07 Å². The van der Waals surface area contributed by atoms with Gasteiger partial charge in [-0.2, -0.15) is 0 Å². The zero-order chi connectivity index (χ0) is 21.8. The number of methoxy groups -OCH3 is 4. The zero-order valence-electron chi connectivity index (χ0n) is 17.8. The monoisotopic (exact) mass is 414 g/mol. The Bertz CT molecular complexity index is 973. The molecule has 8 nitrogen and oxygen atoms in total. The summed E-state index contributed by atoms with van der Waals surface area (Å²) in [4.78, 5) is 24.5. The van der Waals surface area contributed by atoms with Gasteiger partial charge in [-0.3, -0.25) is 9.59 Å². The topological polar surface area (TPSA) is 95.1 Å². The molecule has 0 bridgehead atoms. The fraction of sp³-hybridized carbons (Fsp3) is 0.364. The molecular formula is C22H26N2O6. The molecule has 0 aromatic heterocycles. The molecule has 0 fully saturated rings. The SMILES string of the molecule is COCC(=O)Nc1ccc2c(c1C)NC(=O)CC2c1cc(OC)c(OC)cc1OC. The predicted molar refractivity (Wildman–Crippen MR) is 113 cm³/mol. The molecule has 2 aromatic rings. The summed E-state index contributed by atoms with van der Waals surface area (Å²) in [6.07, 6.45) is 0.258. The number of carbonyl (C=O) groups is 2. The molecule has 2 amide bonds. The van der Waals surface area contributed by atoms with Crippen molar-refractivity contribution in [2.45, 2.75) is 19.3 Å². The van der Waals surface area contributed by atoms with Crippen LogP contribution in [-0.4, -0.2) is 46.9 Å². The van der Waals surface area contributed by atoms with Crippen molar-refractivity contribution in [2.75, 3.05) is 45.7 Å². The summed E-state index contributed by atoms with van der Waals surface area (Å²) in [5.41, 5.74) is 3.83. The average Bonchev–Trinajstić information content (AvgIpc) is 2.74. The van der Waals surface area contributed by atoms with Crippen LogP contribution in [0.1, 0.15) is 29.0 Å². The Morgan fingerprint density at radius 2 is 1.70 bits per heavy atom. The fourth-order valence-electron chi connectivity index (χ4n) is 3.73. The molecule has 0 spiro atoms. The Labute approximate surface area is 175 Å². The van der Waals surface area contributed by atoms with Gasteiger partial charge in [0.25, 0.3) is 0 Å². The number of benzene rings is 2. The minimum Gasteiger partial charge on any atom is -0.496 e. The number of hydrogen-bond acceptors (Lipinski definition) is 6. The van der Waals surface area contributed by atoms with Gasteiger partial charge in [-0.25, -0.2) is 0 Å². The normalized spacial score (nSPS) is 15.1. The summed E-state index contributed by atoms with van der Waals surface area (Å²) in [5, 5.41) is 5.75. The van der Waals surface area contributed by atoms with Gasteiger partial charge < -0.3 is 29.6 Å². The van der Waals surface area contributed by atoms with E-state index in [0.717, 1.165) is 16.7 Å². The number of fused-ring (bicyclic) bond motifs is 1. The van der Waals surface area contributed by atoms with Crippen LogP contribution >= 0.6 is 0 Å². The van der Waals surface area contributed by atoms with Gasteiger partial charge in [0, 0.05) is 42.5 Å². The molecule has 2 aromatic carbocycles. The maximum Gasteiger partial charge on any atom is 0.250 e. The Hall–Kier alpha value is -3.26. The molecule has 1 unspecified atom stereocenters. The molecular weight excluding hydrogens is 388 g/mol. The average molecular weight is 414 g/mol. The minimum atomic E-state index is -0.263. The molecule has 8 heteroatoms. The van der Waals surface area contributed by atoms with Crippen LogP contribution in [0.4, 0.5) is 11.4 Å². The first-order valence-electron chi connectivity index (χ1n) is 9.45. The van der Waals surface area contributed by atoms with Crippen LogP contribution in [0.15, 0.2) is 24.3 Å². The second kappa shape index (κ2) is 9.04. The van der Waals surface area contributed by atoms with Crippen molar-refractivity contribution in [1.82, 2.24) is 0 Å². The fourth-order valence-corrected chi connectivity index (χ4v) is 3.73. The molecule has 160 valence electrons. The van der Waals surface area contributed by atoms with Crippen molar-refractivity contribution < 1.29 is 28.5 Å². The summed E-state index contributed by atoms with van der Waals surface area (Å²) in [5.74, 6) is 1.08. The van der Waals surface area contributed by atoms with Gasteiger partial charge in [0.1, 0.15) is 12.4 Å². The van der Waals surface area contributed by atoms with E-state index in [-0.39, 0.29) is 30.8 Å². The molecule has 1 atom stereocenters. The highest BCUT2D eigenvalue weighted by Crippen LogP contribution is 2.46. The van der Waals surface area contributed by atoms with E-state index in [9.17, 15) is 9.59 Å². The van der Waals surface area contributed by atoms with Gasteiger partial charge in [0.05, 0.1) is 21.3 Å². The van der Waals surface area contributed by atoms with E-state index in [0.29, 0.717) is 28.6 Å². The molecule has 0 aliphatic carbocycles. The third-order valence-electron chi connectivity index (χ3n) is 5.19. The number of hydrogen-bond donors (Lipinski definition) is 2. The van der Waals surface area contributed by atoms with Crippen molar-refractivity contribution in [3.8, 4) is 17.2 Å². The van der Waals surface area contributed by atoms with Crippen molar-refractivity contribution in [2.24, 2.45) is 0 Å². The first kappa shape index (κ1) is 21.4. The quantitative estimate of drug-likeness (QED) is 0.723. The molecule has 0 saturated carbocycles. The van der Waals surface area contributed by atoms with Crippen LogP contribution in [0.25, 0.3) is 0 Å². The highest BCUT2D eigenvalue weighted by Gasteiger charge is 2.31. The van der Waals surface area contributed by atoms with Crippen LogP contribution in [0, 0.1) is 6.92 Å². The van der Waals surface area contributed by atoms with E-state index in [1.807, 2.05) is 25.1 Å². The molecule has 1 heterocycles. The third-order valence-corrected chi connectivity index (χ3v) is 5.19. The zero-order valence-corrected chi connectivity index (χ0v) is 17.8. The molecule has 0 radical (unpaired) electrons. The Morgan fingerprint density at radius 1 is 1.03 bits per heavy atom. The Morgan fingerprint density at radius 3 is 2.33 bits per heavy atom. The summed E-state index contributed by atoms with van der Waals surface area (Å²) >= 11 is 0. The second-order valence-electron chi connectivity index (χ2n) is 6.94. The van der Waals surface area contributed by atoms with E-state index in [1.54, 1.807) is 27.4 Å². The van der Waals surface area contributed by atoms with Gasteiger partial charge in [-0.05, 0) is 30.2 Å². The van der Waals surface area contributed by atoms with E-state index in [1.165, 1.54) is 7.11 Å². The first-order valence-corrected chi connectivity index (χ1v) is 9.45. The van der Waals surface area contributed by atoms with E-state index < -0.39 is 0 Å². The van der Waals surface area contributed by atoms with Crippen molar-refractivity contribution in [3.63, 3.8) is 0 Å². The standard InChI is InChI=1S/C22H26N2O6/c1-12-16(23-21(26)11-27-2)7-6-13-14(9-20(25)24-22(12)13)15-8-18(29-4)19(30-5)10-17(15)28-3/h6-8,10,14H,9,11H2,1-5H3,(H,23,26)(H,24,25). The second-order valence-corrected chi connectivity index (χ2v) is 6.94. The van der Waals surface area contributed by atoms with Crippen LogP contribution in [0.3, 0.4) is 0 Å². The van der Waals surface area contributed by atoms with Crippen LogP contribution in [0.2, 0.25) is 0 Å². The van der Waals surface area contributed by atoms with E-state index in [4.69, 9.17) is 18.9 Å². The lowest BCUT2D eigenvalue weighted by molar-refractivity contribution is -0.119. The lowest BCUT2D eigenvalue weighted by Gasteiger charge is -2.29. The number of anilines is 2. The molecule has 3 rings (SSSR count). The lowest BCUT2D eigenvalue weighted by atomic mass is 9.82. The number of nitrogens with one attached hydrogen (secondary N) is 2. The van der Waals surface area contributed by atoms with Gasteiger partial charge >= 0.3 is 0 Å². The van der Waals surface area contributed by atoms with Crippen molar-refractivity contribution >= 4 is 23.2 Å². The number of rotatable bonds is 7. The van der Waals surface area contributed by atoms with Crippen molar-refractivity contribution in [3.05, 3.63) is 41.0 Å². The highest BCUT2D eigenvalue weighted by molar-refractivity contribution is 5.99. The predicted octanol–water partition coefficient (Wildman–Crippen LogP) is 3.08. The molecule has 0 saturated heterocycles. The lowest BCUT2D eigenvalue weighted by Crippen LogP contribution is -2.25. The summed E-state index contributed by atoms with van der Waals surface area (Å²) in [6, 6.07) is 7.34. The Balaban J connectivity index is 2.09. The van der Waals surface area contributed by atoms with Crippen LogP contribution < -0.4 is 24.8 Å². The molecule has 1 aliphatic rings. The third kappa shape index (κ3) is 4.04. The molecule has 1 aliphatic heterocycles. The summed E-state index contributed by atoms with van der Waals surface area (Å²) in [7, 11) is 6.16. The van der Waals surface area contributed by atoms with E-state index >= 15 is 0 Å². The number of ether oxygens (including phenoxy) is 4. The number of carbonyl (C=O) groups excluding carboxylic acids is 2. The highest BCUT2D eigenvalue weighted by atomic mass is 16.5. The minimum absolute atomic E-state index is 0.0473. The van der Waals surface area contributed by atoms with E-state index in [2.05, 4.69) is 10.6 Å². The van der Waals surface area contributed by atoms with Gasteiger partial charge in [-0.15, -0.1) is 0 Å². The first-order chi connectivity index (χ1) is 14.4. The molecule has 30 heavy (non-hydrogen) atoms. The molecule has 2 N–H and O–H groups in total. The number of amides is 2. The van der Waals surface area contributed by atoms with Crippen LogP contribution in [-0.2, 0) is 14.3 Å². The summed E-state index contributed by atoms with van der Waals surface area (Å²) < 4.78 is 21.3. The smallest absolute Gasteiger partial charge is 0.250 e. The maximum atomic E-state index is 12.6. The maximum absolute atomic E-state index is 12.6. The Kier molecular flexibility index (Phi) is 6.47. The van der Waals surface area contributed by atoms with Gasteiger partial charge in [0.15, 0.2) is 11.5 Å². The summed E-state index contributed by atoms with van der Waals surface area (Å²) in [6.45, 7) is 1.81. The van der Waals surface area contributed by atoms with Crippen LogP contribution in [0.5, 0.6) is 17.2 Å².